The van der Waals surface area contributed by atoms with Crippen molar-refractivity contribution in [2.24, 2.45) is 5.84 Å². The lowest BCUT2D eigenvalue weighted by Gasteiger charge is -2.30. The van der Waals surface area contributed by atoms with Gasteiger partial charge in [0, 0.05) is 16.8 Å². The highest BCUT2D eigenvalue weighted by Crippen LogP contribution is 2.37. The number of nitrogens with one attached hydrogen (secondary N) is 1. The van der Waals surface area contributed by atoms with Crippen LogP contribution in [0.1, 0.15) is 40.3 Å². The van der Waals surface area contributed by atoms with Crippen molar-refractivity contribution in [2.75, 3.05) is 0 Å². The third-order valence-electron chi connectivity index (χ3n) is 4.54. The fraction of sp³-hybridized carbons (Fsp3) is 0.412. The third-order valence-corrected chi connectivity index (χ3v) is 5.54. The zero-order chi connectivity index (χ0) is 14.8. The second-order valence-electron chi connectivity index (χ2n) is 5.85. The quantitative estimate of drug-likeness (QED) is 0.668. The van der Waals surface area contributed by atoms with Gasteiger partial charge in [0.1, 0.15) is 5.82 Å². The molecule has 2 aromatic rings. The van der Waals surface area contributed by atoms with Crippen LogP contribution in [0.3, 0.4) is 0 Å². The fourth-order valence-electron chi connectivity index (χ4n) is 3.38. The summed E-state index contributed by atoms with van der Waals surface area (Å²) in [7, 11) is 0. The predicted octanol–water partition coefficient (Wildman–Crippen LogP) is 3.69. The lowest BCUT2D eigenvalue weighted by molar-refractivity contribution is 0.397. The SMILES string of the molecule is Cc1cc(F)ccc1CC(NN)C1CCCc2sccc21. The Labute approximate surface area is 129 Å². The largest absolute Gasteiger partial charge is 0.271 e. The van der Waals surface area contributed by atoms with Gasteiger partial charge in [-0.1, -0.05) is 6.07 Å². The number of hydrogen-bond donors (Lipinski definition) is 2. The minimum Gasteiger partial charge on any atom is -0.271 e. The van der Waals surface area contributed by atoms with Crippen LogP contribution in [-0.2, 0) is 12.8 Å². The van der Waals surface area contributed by atoms with Crippen molar-refractivity contribution in [3.63, 3.8) is 0 Å². The summed E-state index contributed by atoms with van der Waals surface area (Å²) < 4.78 is 13.2. The number of thiophene rings is 1. The van der Waals surface area contributed by atoms with Gasteiger partial charge in [0.05, 0.1) is 0 Å². The predicted molar refractivity (Wildman–Crippen MR) is 86.0 cm³/mol. The average molecular weight is 304 g/mol. The number of hydrazine groups is 1. The molecule has 1 aliphatic carbocycles. The van der Waals surface area contributed by atoms with Crippen molar-refractivity contribution in [3.8, 4) is 0 Å². The van der Waals surface area contributed by atoms with Crippen molar-refractivity contribution < 1.29 is 4.39 Å². The molecule has 2 atom stereocenters. The van der Waals surface area contributed by atoms with Gasteiger partial charge in [-0.05, 0) is 72.9 Å². The van der Waals surface area contributed by atoms with Gasteiger partial charge in [0.2, 0.25) is 0 Å². The highest BCUT2D eigenvalue weighted by atomic mass is 32.1. The Morgan fingerprint density at radius 2 is 2.29 bits per heavy atom. The Kier molecular flexibility index (Phi) is 4.38. The Balaban J connectivity index is 1.83. The van der Waals surface area contributed by atoms with Crippen LogP contribution < -0.4 is 11.3 Å². The van der Waals surface area contributed by atoms with E-state index in [1.165, 1.54) is 41.3 Å². The van der Waals surface area contributed by atoms with Gasteiger partial charge in [-0.25, -0.2) is 4.39 Å². The summed E-state index contributed by atoms with van der Waals surface area (Å²) in [5.41, 5.74) is 6.62. The Hall–Kier alpha value is -1.23. The molecule has 21 heavy (non-hydrogen) atoms. The first kappa shape index (κ1) is 14.7. The molecule has 1 aromatic carbocycles. The molecule has 0 fully saturated rings. The van der Waals surface area contributed by atoms with Crippen molar-refractivity contribution in [2.45, 2.75) is 44.6 Å². The standard InChI is InChI=1S/C17H21FN2S/c1-11-9-13(18)6-5-12(11)10-16(20-19)14-3-2-4-17-15(14)7-8-21-17/h5-9,14,16,20H,2-4,10,19H2,1H3. The topological polar surface area (TPSA) is 38.0 Å². The Morgan fingerprint density at radius 3 is 3.05 bits per heavy atom. The molecule has 3 N–H and O–H groups in total. The zero-order valence-corrected chi connectivity index (χ0v) is 13.0. The number of halogens is 1. The number of nitrogens with two attached hydrogens (primary N) is 1. The van der Waals surface area contributed by atoms with Crippen LogP contribution in [0, 0.1) is 12.7 Å². The zero-order valence-electron chi connectivity index (χ0n) is 12.2. The van der Waals surface area contributed by atoms with Crippen molar-refractivity contribution in [3.05, 3.63) is 57.0 Å². The first-order chi connectivity index (χ1) is 10.2. The molecule has 2 nitrogen and oxygen atoms in total. The Morgan fingerprint density at radius 1 is 1.43 bits per heavy atom. The Bertz CT molecular complexity index is 623. The summed E-state index contributed by atoms with van der Waals surface area (Å²) in [5, 5.41) is 2.18. The molecule has 0 spiro atoms. The van der Waals surface area contributed by atoms with Gasteiger partial charge >= 0.3 is 0 Å². The van der Waals surface area contributed by atoms with Gasteiger partial charge < -0.3 is 0 Å². The van der Waals surface area contributed by atoms with Gasteiger partial charge in [0.15, 0.2) is 0 Å². The second-order valence-corrected chi connectivity index (χ2v) is 6.85. The van der Waals surface area contributed by atoms with Gasteiger partial charge in [-0.3, -0.25) is 11.3 Å². The summed E-state index contributed by atoms with van der Waals surface area (Å²) in [6.07, 6.45) is 4.41. The van der Waals surface area contributed by atoms with E-state index in [1.807, 2.05) is 24.3 Å². The number of rotatable bonds is 4. The molecule has 0 saturated carbocycles. The first-order valence-electron chi connectivity index (χ1n) is 7.46. The highest BCUT2D eigenvalue weighted by molar-refractivity contribution is 7.10. The molecule has 0 radical (unpaired) electrons. The van der Waals surface area contributed by atoms with Gasteiger partial charge in [-0.2, -0.15) is 0 Å². The maximum atomic E-state index is 13.2. The van der Waals surface area contributed by atoms with E-state index in [-0.39, 0.29) is 11.9 Å². The van der Waals surface area contributed by atoms with E-state index >= 15 is 0 Å². The summed E-state index contributed by atoms with van der Waals surface area (Å²) in [6, 6.07) is 7.45. The molecule has 1 aliphatic rings. The number of fused-ring (bicyclic) bond motifs is 1. The monoisotopic (exact) mass is 304 g/mol. The maximum absolute atomic E-state index is 13.2. The second kappa shape index (κ2) is 6.26. The molecule has 1 heterocycles. The lowest BCUT2D eigenvalue weighted by Crippen LogP contribution is -2.42. The van der Waals surface area contributed by atoms with E-state index in [0.29, 0.717) is 5.92 Å². The molecule has 1 aromatic heterocycles. The smallest absolute Gasteiger partial charge is 0.123 e. The van der Waals surface area contributed by atoms with E-state index in [4.69, 9.17) is 5.84 Å². The lowest BCUT2D eigenvalue weighted by atomic mass is 9.80. The fourth-order valence-corrected chi connectivity index (χ4v) is 4.38. The van der Waals surface area contributed by atoms with E-state index in [2.05, 4.69) is 16.9 Å². The van der Waals surface area contributed by atoms with Crippen LogP contribution in [0.15, 0.2) is 29.6 Å². The molecule has 4 heteroatoms. The molecule has 2 unspecified atom stereocenters. The van der Waals surface area contributed by atoms with Crippen LogP contribution in [0.2, 0.25) is 0 Å². The summed E-state index contributed by atoms with van der Waals surface area (Å²) in [6.45, 7) is 1.96. The van der Waals surface area contributed by atoms with Crippen LogP contribution in [0.4, 0.5) is 4.39 Å². The minimum atomic E-state index is -0.175. The summed E-state index contributed by atoms with van der Waals surface area (Å²) >= 11 is 1.85. The maximum Gasteiger partial charge on any atom is 0.123 e. The minimum absolute atomic E-state index is 0.175. The molecule has 112 valence electrons. The summed E-state index contributed by atoms with van der Waals surface area (Å²) in [5.74, 6) is 6.12. The molecule has 0 aliphatic heterocycles. The highest BCUT2D eigenvalue weighted by Gasteiger charge is 2.28. The first-order valence-corrected chi connectivity index (χ1v) is 8.34. The molecule has 0 saturated heterocycles. The van der Waals surface area contributed by atoms with Crippen LogP contribution in [0.5, 0.6) is 0 Å². The van der Waals surface area contributed by atoms with Gasteiger partial charge in [-0.15, -0.1) is 11.3 Å². The number of benzene rings is 1. The van der Waals surface area contributed by atoms with E-state index in [1.54, 1.807) is 6.07 Å². The molecule has 3 rings (SSSR count). The third kappa shape index (κ3) is 3.03. The number of aryl methyl sites for hydroxylation is 2. The van der Waals surface area contributed by atoms with Crippen molar-refractivity contribution in [1.29, 1.82) is 0 Å². The van der Waals surface area contributed by atoms with Crippen LogP contribution >= 0.6 is 11.3 Å². The molecular weight excluding hydrogens is 283 g/mol. The normalized spacial score (nSPS) is 19.3. The summed E-state index contributed by atoms with van der Waals surface area (Å²) in [4.78, 5) is 1.50. The van der Waals surface area contributed by atoms with Crippen LogP contribution in [-0.4, -0.2) is 6.04 Å². The van der Waals surface area contributed by atoms with Crippen molar-refractivity contribution >= 4 is 11.3 Å². The van der Waals surface area contributed by atoms with Crippen molar-refractivity contribution in [1.82, 2.24) is 5.43 Å². The van der Waals surface area contributed by atoms with E-state index in [9.17, 15) is 4.39 Å². The molecule has 0 amide bonds. The van der Waals surface area contributed by atoms with E-state index < -0.39 is 0 Å². The molecular formula is C17H21FN2S. The van der Waals surface area contributed by atoms with Gasteiger partial charge in [0.25, 0.3) is 0 Å². The van der Waals surface area contributed by atoms with E-state index in [0.717, 1.165) is 12.0 Å². The number of hydrogen-bond acceptors (Lipinski definition) is 3. The average Bonchev–Trinajstić information content (AvgIpc) is 2.95. The molecule has 0 bridgehead atoms. The van der Waals surface area contributed by atoms with Crippen LogP contribution in [0.25, 0.3) is 0 Å².